The van der Waals surface area contributed by atoms with Crippen LogP contribution in [0.4, 0.5) is 0 Å². The Bertz CT molecular complexity index is 571. The zero-order chi connectivity index (χ0) is 17.0. The molecule has 1 N–H and O–H groups in total. The smallest absolute Gasteiger partial charge is 0.253 e. The summed E-state index contributed by atoms with van der Waals surface area (Å²) in [5, 5.41) is 3.17. The number of likely N-dealkylation sites (tertiary alicyclic amines) is 1. The highest BCUT2D eigenvalue weighted by Crippen LogP contribution is 2.36. The van der Waals surface area contributed by atoms with Gasteiger partial charge < -0.3 is 10.2 Å². The van der Waals surface area contributed by atoms with Gasteiger partial charge in [0.15, 0.2) is 0 Å². The van der Waals surface area contributed by atoms with Crippen molar-refractivity contribution >= 4 is 11.8 Å². The molecule has 1 saturated heterocycles. The first kappa shape index (κ1) is 17.0. The SMILES string of the molecule is CC1(CNC(=O)C2CCN(C(=O)c3ccccc3)CC2)CCCC1. The molecule has 24 heavy (non-hydrogen) atoms. The topological polar surface area (TPSA) is 49.4 Å². The van der Waals surface area contributed by atoms with Crippen LogP contribution in [0.3, 0.4) is 0 Å². The van der Waals surface area contributed by atoms with Crippen LogP contribution in [0, 0.1) is 11.3 Å². The van der Waals surface area contributed by atoms with Gasteiger partial charge in [0.1, 0.15) is 0 Å². The average Bonchev–Trinajstić information content (AvgIpc) is 3.07. The highest BCUT2D eigenvalue weighted by atomic mass is 16.2. The lowest BCUT2D eigenvalue weighted by Crippen LogP contribution is -2.44. The third-order valence-electron chi connectivity index (χ3n) is 5.67. The number of carbonyl (C=O) groups excluding carboxylic acids is 2. The number of benzene rings is 1. The second-order valence-corrected chi connectivity index (χ2v) is 7.67. The summed E-state index contributed by atoms with van der Waals surface area (Å²) in [4.78, 5) is 26.7. The molecule has 0 unspecified atom stereocenters. The van der Waals surface area contributed by atoms with Crippen LogP contribution < -0.4 is 5.32 Å². The van der Waals surface area contributed by atoms with Gasteiger partial charge in [0.05, 0.1) is 0 Å². The fraction of sp³-hybridized carbons (Fsp3) is 0.600. The van der Waals surface area contributed by atoms with E-state index in [1.54, 1.807) is 0 Å². The normalized spacial score (nSPS) is 20.8. The lowest BCUT2D eigenvalue weighted by atomic mass is 9.88. The first-order chi connectivity index (χ1) is 11.6. The molecule has 1 heterocycles. The first-order valence-electron chi connectivity index (χ1n) is 9.19. The van der Waals surface area contributed by atoms with Crippen molar-refractivity contribution in [2.45, 2.75) is 45.4 Å². The molecule has 2 aliphatic rings. The molecule has 0 spiro atoms. The number of nitrogens with zero attached hydrogens (tertiary/aromatic N) is 1. The van der Waals surface area contributed by atoms with E-state index in [1.807, 2.05) is 35.2 Å². The van der Waals surface area contributed by atoms with Crippen molar-refractivity contribution in [1.82, 2.24) is 10.2 Å². The van der Waals surface area contributed by atoms with Gasteiger partial charge >= 0.3 is 0 Å². The minimum absolute atomic E-state index is 0.0508. The molecule has 1 aliphatic heterocycles. The Kier molecular flexibility index (Phi) is 5.22. The predicted molar refractivity (Wildman–Crippen MR) is 94.7 cm³/mol. The third kappa shape index (κ3) is 3.97. The molecule has 1 saturated carbocycles. The molecule has 0 radical (unpaired) electrons. The van der Waals surface area contributed by atoms with Crippen molar-refractivity contribution in [2.24, 2.45) is 11.3 Å². The van der Waals surface area contributed by atoms with Crippen LogP contribution in [0.1, 0.15) is 55.8 Å². The molecule has 4 nitrogen and oxygen atoms in total. The van der Waals surface area contributed by atoms with E-state index in [0.717, 1.165) is 24.9 Å². The molecule has 3 rings (SSSR count). The van der Waals surface area contributed by atoms with Gasteiger partial charge in [-0.15, -0.1) is 0 Å². The Labute approximate surface area is 144 Å². The molecule has 130 valence electrons. The number of rotatable bonds is 4. The van der Waals surface area contributed by atoms with Gasteiger partial charge in [0.25, 0.3) is 5.91 Å². The minimum Gasteiger partial charge on any atom is -0.355 e. The van der Waals surface area contributed by atoms with Crippen LogP contribution in [0.25, 0.3) is 0 Å². The lowest BCUT2D eigenvalue weighted by molar-refractivity contribution is -0.126. The summed E-state index contributed by atoms with van der Waals surface area (Å²) in [6.45, 7) is 4.42. The van der Waals surface area contributed by atoms with Gasteiger partial charge in [-0.25, -0.2) is 0 Å². The van der Waals surface area contributed by atoms with Crippen molar-refractivity contribution in [2.75, 3.05) is 19.6 Å². The number of amides is 2. The molecule has 1 aromatic carbocycles. The lowest BCUT2D eigenvalue weighted by Gasteiger charge is -2.32. The van der Waals surface area contributed by atoms with Crippen molar-refractivity contribution in [1.29, 1.82) is 0 Å². The van der Waals surface area contributed by atoms with E-state index in [0.29, 0.717) is 18.5 Å². The molecule has 0 bridgehead atoms. The van der Waals surface area contributed by atoms with Crippen molar-refractivity contribution < 1.29 is 9.59 Å². The quantitative estimate of drug-likeness (QED) is 0.922. The predicted octanol–water partition coefficient (Wildman–Crippen LogP) is 3.24. The Balaban J connectivity index is 1.46. The summed E-state index contributed by atoms with van der Waals surface area (Å²) < 4.78 is 0. The average molecular weight is 328 g/mol. The summed E-state index contributed by atoms with van der Waals surface area (Å²) in [7, 11) is 0. The molecule has 4 heteroatoms. The van der Waals surface area contributed by atoms with E-state index >= 15 is 0 Å². The fourth-order valence-electron chi connectivity index (χ4n) is 3.96. The van der Waals surface area contributed by atoms with Gasteiger partial charge in [0.2, 0.25) is 5.91 Å². The fourth-order valence-corrected chi connectivity index (χ4v) is 3.96. The number of nitrogens with one attached hydrogen (secondary N) is 1. The van der Waals surface area contributed by atoms with Crippen LogP contribution in [-0.2, 0) is 4.79 Å². The van der Waals surface area contributed by atoms with Crippen LogP contribution in [-0.4, -0.2) is 36.3 Å². The Morgan fingerprint density at radius 2 is 1.75 bits per heavy atom. The van der Waals surface area contributed by atoms with Gasteiger partial charge in [-0.05, 0) is 43.2 Å². The molecule has 0 aromatic heterocycles. The summed E-state index contributed by atoms with van der Waals surface area (Å²) in [6.07, 6.45) is 6.54. The summed E-state index contributed by atoms with van der Waals surface area (Å²) in [5.41, 5.74) is 1.02. The molecule has 1 aliphatic carbocycles. The van der Waals surface area contributed by atoms with E-state index in [4.69, 9.17) is 0 Å². The van der Waals surface area contributed by atoms with Crippen LogP contribution in [0.15, 0.2) is 30.3 Å². The number of hydrogen-bond acceptors (Lipinski definition) is 2. The van der Waals surface area contributed by atoms with E-state index in [9.17, 15) is 9.59 Å². The molecule has 2 fully saturated rings. The van der Waals surface area contributed by atoms with E-state index < -0.39 is 0 Å². The second kappa shape index (κ2) is 7.37. The summed E-state index contributed by atoms with van der Waals surface area (Å²) in [6, 6.07) is 9.39. The molecule has 1 aromatic rings. The highest BCUT2D eigenvalue weighted by Gasteiger charge is 2.31. The van der Waals surface area contributed by atoms with Crippen LogP contribution in [0.5, 0.6) is 0 Å². The maximum atomic E-state index is 12.4. The molecular weight excluding hydrogens is 300 g/mol. The largest absolute Gasteiger partial charge is 0.355 e. The van der Waals surface area contributed by atoms with Crippen molar-refractivity contribution in [3.05, 3.63) is 35.9 Å². The number of piperidine rings is 1. The maximum Gasteiger partial charge on any atom is 0.253 e. The molecular formula is C20H28N2O2. The molecule has 2 amide bonds. The molecule has 0 atom stereocenters. The Morgan fingerprint density at radius 3 is 2.38 bits per heavy atom. The van der Waals surface area contributed by atoms with E-state index in [-0.39, 0.29) is 17.7 Å². The standard InChI is InChI=1S/C20H28N2O2/c1-20(11-5-6-12-20)15-21-18(23)16-9-13-22(14-10-16)19(24)17-7-3-2-4-8-17/h2-4,7-8,16H,5-6,9-15H2,1H3,(H,21,23). The summed E-state index contributed by atoms with van der Waals surface area (Å²) in [5.74, 6) is 0.303. The van der Waals surface area contributed by atoms with Gasteiger partial charge in [-0.1, -0.05) is 38.0 Å². The van der Waals surface area contributed by atoms with Gasteiger partial charge in [-0.2, -0.15) is 0 Å². The first-order valence-corrected chi connectivity index (χ1v) is 9.19. The van der Waals surface area contributed by atoms with Crippen molar-refractivity contribution in [3.63, 3.8) is 0 Å². The van der Waals surface area contributed by atoms with Crippen LogP contribution >= 0.6 is 0 Å². The summed E-state index contributed by atoms with van der Waals surface area (Å²) >= 11 is 0. The van der Waals surface area contributed by atoms with Gasteiger partial charge in [-0.3, -0.25) is 9.59 Å². The van der Waals surface area contributed by atoms with E-state index in [1.165, 1.54) is 25.7 Å². The highest BCUT2D eigenvalue weighted by molar-refractivity contribution is 5.94. The third-order valence-corrected chi connectivity index (χ3v) is 5.67. The maximum absolute atomic E-state index is 12.4. The van der Waals surface area contributed by atoms with E-state index in [2.05, 4.69) is 12.2 Å². The zero-order valence-electron chi connectivity index (χ0n) is 14.6. The van der Waals surface area contributed by atoms with Crippen molar-refractivity contribution in [3.8, 4) is 0 Å². The Morgan fingerprint density at radius 1 is 1.12 bits per heavy atom. The Hall–Kier alpha value is -1.84. The monoisotopic (exact) mass is 328 g/mol. The number of carbonyl (C=O) groups is 2. The minimum atomic E-state index is 0.0508. The van der Waals surface area contributed by atoms with Crippen LogP contribution in [0.2, 0.25) is 0 Å². The zero-order valence-corrected chi connectivity index (χ0v) is 14.6. The number of hydrogen-bond donors (Lipinski definition) is 1. The second-order valence-electron chi connectivity index (χ2n) is 7.67. The van der Waals surface area contributed by atoms with Gasteiger partial charge in [0, 0.05) is 31.1 Å².